The van der Waals surface area contributed by atoms with E-state index in [1.807, 2.05) is 6.92 Å². The first kappa shape index (κ1) is 15.4. The fourth-order valence-corrected chi connectivity index (χ4v) is 4.87. The minimum absolute atomic E-state index is 0.0736. The van der Waals surface area contributed by atoms with Gasteiger partial charge >= 0.3 is 5.97 Å². The Kier molecular flexibility index (Phi) is 4.15. The quantitative estimate of drug-likeness (QED) is 0.506. The Morgan fingerprint density at radius 1 is 1.64 bits per heavy atom. The van der Waals surface area contributed by atoms with Crippen molar-refractivity contribution in [3.63, 3.8) is 0 Å². The Hall–Kier alpha value is -1.52. The molecule has 1 unspecified atom stereocenters. The summed E-state index contributed by atoms with van der Waals surface area (Å²) < 4.78 is 0. The number of aliphatic carboxylic acids is 1. The van der Waals surface area contributed by atoms with Crippen LogP contribution in [0.3, 0.4) is 0 Å². The van der Waals surface area contributed by atoms with Crippen LogP contribution >= 0.6 is 23.5 Å². The van der Waals surface area contributed by atoms with Gasteiger partial charge in [-0.3, -0.25) is 14.8 Å². The van der Waals surface area contributed by atoms with Crippen LogP contribution < -0.4 is 5.73 Å². The number of hydrogen-bond donors (Lipinski definition) is 3. The molecule has 2 aliphatic rings. The standard InChI is InChI=1S/C12H15N5O3S2/c1-2-6-9(15-16-14-6)21-3-5-4-22-11-7(13)10(18)17(11)8(5)12(19)20/h7,11H,2-4,13H2,1H3,(H,19,20)(H,14,15,16)/t7?,11-/m0/s1. The second kappa shape index (κ2) is 5.94. The molecule has 8 nitrogen and oxygen atoms in total. The van der Waals surface area contributed by atoms with Gasteiger partial charge in [0.1, 0.15) is 22.1 Å². The number of aromatic amines is 1. The zero-order valence-electron chi connectivity index (χ0n) is 11.8. The highest BCUT2D eigenvalue weighted by atomic mass is 32.2. The molecule has 0 spiro atoms. The number of carbonyl (C=O) groups excluding carboxylic acids is 1. The highest BCUT2D eigenvalue weighted by Crippen LogP contribution is 2.40. The molecule has 118 valence electrons. The molecule has 0 aromatic carbocycles. The summed E-state index contributed by atoms with van der Waals surface area (Å²) >= 11 is 2.93. The maximum absolute atomic E-state index is 11.8. The number of rotatable bonds is 5. The molecule has 22 heavy (non-hydrogen) atoms. The summed E-state index contributed by atoms with van der Waals surface area (Å²) in [6, 6.07) is -0.601. The molecule has 0 radical (unpaired) electrons. The van der Waals surface area contributed by atoms with Gasteiger partial charge in [-0.05, 0) is 12.0 Å². The van der Waals surface area contributed by atoms with E-state index in [4.69, 9.17) is 5.73 Å². The minimum Gasteiger partial charge on any atom is -0.477 e. The molecule has 0 aliphatic carbocycles. The zero-order valence-corrected chi connectivity index (χ0v) is 13.4. The lowest BCUT2D eigenvalue weighted by molar-refractivity contribution is -0.147. The molecule has 1 amide bonds. The number of nitrogens with one attached hydrogen (secondary N) is 1. The van der Waals surface area contributed by atoms with Crippen molar-refractivity contribution >= 4 is 35.4 Å². The predicted octanol–water partition coefficient (Wildman–Crippen LogP) is 0.0403. The van der Waals surface area contributed by atoms with Gasteiger partial charge in [0.25, 0.3) is 0 Å². The van der Waals surface area contributed by atoms with Crippen molar-refractivity contribution in [3.8, 4) is 0 Å². The zero-order chi connectivity index (χ0) is 15.9. The van der Waals surface area contributed by atoms with E-state index in [9.17, 15) is 14.7 Å². The number of carbonyl (C=O) groups is 2. The molecule has 10 heteroatoms. The molecule has 3 rings (SSSR count). The normalized spacial score (nSPS) is 24.3. The van der Waals surface area contributed by atoms with Gasteiger partial charge in [0.2, 0.25) is 5.91 Å². The Morgan fingerprint density at radius 2 is 2.41 bits per heavy atom. The molecule has 1 aromatic rings. The van der Waals surface area contributed by atoms with Crippen LogP contribution in [0.2, 0.25) is 0 Å². The number of H-pyrrole nitrogens is 1. The van der Waals surface area contributed by atoms with E-state index >= 15 is 0 Å². The lowest BCUT2D eigenvalue weighted by Crippen LogP contribution is -2.68. The van der Waals surface area contributed by atoms with Gasteiger partial charge in [0.05, 0.1) is 5.69 Å². The summed E-state index contributed by atoms with van der Waals surface area (Å²) in [4.78, 5) is 24.7. The number of thioether (sulfide) groups is 2. The number of aryl methyl sites for hydroxylation is 1. The monoisotopic (exact) mass is 341 g/mol. The van der Waals surface area contributed by atoms with Crippen molar-refractivity contribution in [3.05, 3.63) is 17.0 Å². The lowest BCUT2D eigenvalue weighted by Gasteiger charge is -2.48. The number of fused-ring (bicyclic) bond motifs is 1. The van der Waals surface area contributed by atoms with Crippen LogP contribution in [-0.4, -0.2) is 60.2 Å². The smallest absolute Gasteiger partial charge is 0.352 e. The average molecular weight is 341 g/mol. The van der Waals surface area contributed by atoms with Gasteiger partial charge in [0, 0.05) is 11.5 Å². The average Bonchev–Trinajstić information content (AvgIpc) is 2.98. The van der Waals surface area contributed by atoms with Crippen LogP contribution in [0, 0.1) is 0 Å². The van der Waals surface area contributed by atoms with Crippen molar-refractivity contribution in [2.45, 2.75) is 29.8 Å². The van der Waals surface area contributed by atoms with Gasteiger partial charge in [-0.25, -0.2) is 4.79 Å². The summed E-state index contributed by atoms with van der Waals surface area (Å²) in [6.45, 7) is 1.99. The van der Waals surface area contributed by atoms with Crippen molar-refractivity contribution in [1.82, 2.24) is 20.3 Å². The van der Waals surface area contributed by atoms with E-state index < -0.39 is 12.0 Å². The van der Waals surface area contributed by atoms with Crippen molar-refractivity contribution < 1.29 is 14.7 Å². The molecule has 1 saturated heterocycles. The van der Waals surface area contributed by atoms with E-state index in [1.165, 1.54) is 28.4 Å². The van der Waals surface area contributed by atoms with E-state index in [0.717, 1.165) is 17.1 Å². The molecule has 1 aromatic heterocycles. The van der Waals surface area contributed by atoms with Gasteiger partial charge in [-0.15, -0.1) is 16.9 Å². The number of carboxylic acid groups (broad SMARTS) is 1. The first-order valence-electron chi connectivity index (χ1n) is 6.72. The molecule has 1 fully saturated rings. The van der Waals surface area contributed by atoms with E-state index in [0.29, 0.717) is 17.1 Å². The van der Waals surface area contributed by atoms with Crippen molar-refractivity contribution in [1.29, 1.82) is 0 Å². The predicted molar refractivity (Wildman–Crippen MR) is 82.2 cm³/mol. The van der Waals surface area contributed by atoms with Crippen molar-refractivity contribution in [2.75, 3.05) is 11.5 Å². The SMILES string of the molecule is CCc1[nH]nnc1SCC1=C(C(=O)O)N2C(=O)C(N)[C@@H]2SC1. The molecular weight excluding hydrogens is 326 g/mol. The van der Waals surface area contributed by atoms with Crippen LogP contribution in [0.1, 0.15) is 12.6 Å². The number of nitrogens with zero attached hydrogens (tertiary/aromatic N) is 3. The van der Waals surface area contributed by atoms with Gasteiger partial charge < -0.3 is 10.8 Å². The molecule has 0 bridgehead atoms. The third-order valence-corrected chi connectivity index (χ3v) is 6.07. The van der Waals surface area contributed by atoms with Gasteiger partial charge in [0.15, 0.2) is 0 Å². The molecule has 3 heterocycles. The highest BCUT2D eigenvalue weighted by molar-refractivity contribution is 8.01. The molecular formula is C12H15N5O3S2. The topological polar surface area (TPSA) is 125 Å². The number of hydrogen-bond acceptors (Lipinski definition) is 7. The number of nitrogens with two attached hydrogens (primary N) is 1. The summed E-state index contributed by atoms with van der Waals surface area (Å²) in [6.07, 6.45) is 0.774. The fraction of sp³-hybridized carbons (Fsp3) is 0.500. The third-order valence-electron chi connectivity index (χ3n) is 3.61. The first-order chi connectivity index (χ1) is 10.5. The third kappa shape index (κ3) is 2.40. The van der Waals surface area contributed by atoms with E-state index in [2.05, 4.69) is 15.4 Å². The minimum atomic E-state index is -1.09. The van der Waals surface area contributed by atoms with Crippen molar-refractivity contribution in [2.24, 2.45) is 5.73 Å². The van der Waals surface area contributed by atoms with E-state index in [-0.39, 0.29) is 17.0 Å². The van der Waals surface area contributed by atoms with Crippen LogP contribution in [0.25, 0.3) is 0 Å². The first-order valence-corrected chi connectivity index (χ1v) is 8.76. The summed E-state index contributed by atoms with van der Waals surface area (Å²) in [5.41, 5.74) is 7.43. The maximum Gasteiger partial charge on any atom is 0.352 e. The molecule has 0 saturated carbocycles. The Morgan fingerprint density at radius 3 is 3.09 bits per heavy atom. The lowest BCUT2D eigenvalue weighted by atomic mass is 10.0. The van der Waals surface area contributed by atoms with Gasteiger partial charge in [-0.1, -0.05) is 23.9 Å². The fourth-order valence-electron chi connectivity index (χ4n) is 2.43. The summed E-state index contributed by atoms with van der Waals surface area (Å²) in [5, 5.41) is 20.5. The second-order valence-electron chi connectivity index (χ2n) is 4.93. The largest absolute Gasteiger partial charge is 0.477 e. The van der Waals surface area contributed by atoms with Gasteiger partial charge in [-0.2, -0.15) is 0 Å². The van der Waals surface area contributed by atoms with Crippen LogP contribution in [0.15, 0.2) is 16.3 Å². The molecule has 2 aliphatic heterocycles. The molecule has 2 atom stereocenters. The Labute approximate surface area is 134 Å². The number of carboxylic acids is 1. The summed E-state index contributed by atoms with van der Waals surface area (Å²) in [7, 11) is 0. The number of aromatic nitrogens is 3. The highest BCUT2D eigenvalue weighted by Gasteiger charge is 2.51. The number of β-lactam (4-membered cyclic amide) rings is 1. The maximum atomic E-state index is 11.8. The Balaban J connectivity index is 1.81. The Bertz CT molecular complexity index is 659. The van der Waals surface area contributed by atoms with Crippen LogP contribution in [0.5, 0.6) is 0 Å². The second-order valence-corrected chi connectivity index (χ2v) is 7.00. The van der Waals surface area contributed by atoms with Crippen LogP contribution in [0.4, 0.5) is 0 Å². The number of amides is 1. The van der Waals surface area contributed by atoms with Crippen LogP contribution in [-0.2, 0) is 16.0 Å². The molecule has 4 N–H and O–H groups in total. The summed E-state index contributed by atoms with van der Waals surface area (Å²) in [5.74, 6) is -0.402. The van der Waals surface area contributed by atoms with E-state index in [1.54, 1.807) is 0 Å².